The van der Waals surface area contributed by atoms with Gasteiger partial charge < -0.3 is 10.6 Å². The lowest BCUT2D eigenvalue weighted by atomic mass is 10.2. The predicted octanol–water partition coefficient (Wildman–Crippen LogP) is 4.63. The molecule has 4 rings (SSSR count). The summed E-state index contributed by atoms with van der Waals surface area (Å²) in [5, 5.41) is 13.9. The first kappa shape index (κ1) is 21.2. The highest BCUT2D eigenvalue weighted by Crippen LogP contribution is 2.34. The quantitative estimate of drug-likeness (QED) is 0.561. The van der Waals surface area contributed by atoms with E-state index in [4.69, 9.17) is 5.26 Å². The monoisotopic (exact) mass is 442 g/mol. The first-order valence-corrected chi connectivity index (χ1v) is 10.7. The van der Waals surface area contributed by atoms with E-state index in [1.165, 1.54) is 11.8 Å². The standard InChI is InChI=1S/C24H18N4O3S/c25-15-16-9-11-19(12-10-16)28-22(29)14-21(23(28)30)32-20-8-4-7-18(13-20)27-24(31)26-17-5-2-1-3-6-17/h1-13,21H,14H2,(H2,26,27,31). The van der Waals surface area contributed by atoms with Crippen LogP contribution in [0.4, 0.5) is 21.9 Å². The number of carbonyl (C=O) groups excluding carboxylic acids is 3. The molecule has 2 N–H and O–H groups in total. The summed E-state index contributed by atoms with van der Waals surface area (Å²) >= 11 is 1.28. The number of amides is 4. The molecule has 0 aromatic heterocycles. The maximum Gasteiger partial charge on any atom is 0.323 e. The molecule has 0 radical (unpaired) electrons. The van der Waals surface area contributed by atoms with Gasteiger partial charge in [-0.05, 0) is 54.6 Å². The minimum absolute atomic E-state index is 0.0790. The Morgan fingerprint density at radius 3 is 2.34 bits per heavy atom. The minimum atomic E-state index is -0.563. The topological polar surface area (TPSA) is 102 Å². The summed E-state index contributed by atoms with van der Waals surface area (Å²) in [5.41, 5.74) is 2.16. The van der Waals surface area contributed by atoms with Gasteiger partial charge in [0.1, 0.15) is 0 Å². The number of rotatable bonds is 5. The molecule has 1 atom stereocenters. The number of thioether (sulfide) groups is 1. The number of benzene rings is 3. The molecule has 1 saturated heterocycles. The molecule has 8 heteroatoms. The van der Waals surface area contributed by atoms with E-state index in [9.17, 15) is 14.4 Å². The fraction of sp³-hybridized carbons (Fsp3) is 0.0833. The zero-order valence-corrected chi connectivity index (χ0v) is 17.6. The smallest absolute Gasteiger partial charge is 0.308 e. The maximum atomic E-state index is 12.9. The number of nitriles is 1. The summed E-state index contributed by atoms with van der Waals surface area (Å²) in [6, 6.07) is 24.2. The van der Waals surface area contributed by atoms with Crippen molar-refractivity contribution in [2.24, 2.45) is 0 Å². The van der Waals surface area contributed by atoms with Gasteiger partial charge in [0.05, 0.1) is 22.6 Å². The zero-order chi connectivity index (χ0) is 22.5. The lowest BCUT2D eigenvalue weighted by Gasteiger charge is -2.15. The second kappa shape index (κ2) is 9.37. The van der Waals surface area contributed by atoms with E-state index >= 15 is 0 Å². The van der Waals surface area contributed by atoms with E-state index in [0.29, 0.717) is 22.6 Å². The van der Waals surface area contributed by atoms with Crippen molar-refractivity contribution in [1.29, 1.82) is 5.26 Å². The number of para-hydroxylation sites is 1. The van der Waals surface area contributed by atoms with Gasteiger partial charge >= 0.3 is 6.03 Å². The molecule has 1 unspecified atom stereocenters. The van der Waals surface area contributed by atoms with E-state index in [-0.39, 0.29) is 24.3 Å². The van der Waals surface area contributed by atoms with E-state index in [2.05, 4.69) is 10.6 Å². The van der Waals surface area contributed by atoms with Gasteiger partial charge in [0.25, 0.3) is 0 Å². The normalized spacial score (nSPS) is 15.3. The maximum absolute atomic E-state index is 12.9. The molecular formula is C24H18N4O3S. The Labute approximate surface area is 189 Å². The van der Waals surface area contributed by atoms with Crippen LogP contribution >= 0.6 is 11.8 Å². The summed E-state index contributed by atoms with van der Waals surface area (Å²) < 4.78 is 0. The van der Waals surface area contributed by atoms with Crippen LogP contribution in [0.5, 0.6) is 0 Å². The SMILES string of the molecule is N#Cc1ccc(N2C(=O)CC(Sc3cccc(NC(=O)Nc4ccccc4)c3)C2=O)cc1. The summed E-state index contributed by atoms with van der Waals surface area (Å²) in [4.78, 5) is 39.5. The summed E-state index contributed by atoms with van der Waals surface area (Å²) in [6.07, 6.45) is 0.0790. The Balaban J connectivity index is 1.42. The van der Waals surface area contributed by atoms with E-state index < -0.39 is 5.25 Å². The molecule has 3 aromatic rings. The van der Waals surface area contributed by atoms with Crippen LogP contribution in [-0.2, 0) is 9.59 Å². The highest BCUT2D eigenvalue weighted by Gasteiger charge is 2.40. The molecule has 1 heterocycles. The number of nitrogens with one attached hydrogen (secondary N) is 2. The largest absolute Gasteiger partial charge is 0.323 e. The number of anilines is 3. The van der Waals surface area contributed by atoms with Crippen LogP contribution in [-0.4, -0.2) is 23.1 Å². The predicted molar refractivity (Wildman–Crippen MR) is 123 cm³/mol. The fourth-order valence-electron chi connectivity index (χ4n) is 3.28. The molecule has 0 aliphatic carbocycles. The number of hydrogen-bond donors (Lipinski definition) is 2. The average Bonchev–Trinajstić information content (AvgIpc) is 3.07. The van der Waals surface area contributed by atoms with E-state index in [1.807, 2.05) is 30.3 Å². The number of imide groups is 1. The first-order chi connectivity index (χ1) is 15.5. The van der Waals surface area contributed by atoms with Crippen molar-refractivity contribution in [2.45, 2.75) is 16.6 Å². The van der Waals surface area contributed by atoms with Crippen LogP contribution < -0.4 is 15.5 Å². The first-order valence-electron chi connectivity index (χ1n) is 9.80. The van der Waals surface area contributed by atoms with Crippen molar-refractivity contribution < 1.29 is 14.4 Å². The van der Waals surface area contributed by atoms with Crippen molar-refractivity contribution in [3.8, 4) is 6.07 Å². The molecular weight excluding hydrogens is 424 g/mol. The zero-order valence-electron chi connectivity index (χ0n) is 16.8. The third-order valence-electron chi connectivity index (χ3n) is 4.76. The molecule has 1 aliphatic rings. The summed E-state index contributed by atoms with van der Waals surface area (Å²) in [7, 11) is 0. The Bertz CT molecular complexity index is 1210. The molecule has 7 nitrogen and oxygen atoms in total. The molecule has 4 amide bonds. The number of carbonyl (C=O) groups is 3. The van der Waals surface area contributed by atoms with Crippen LogP contribution in [0.25, 0.3) is 0 Å². The number of hydrogen-bond acceptors (Lipinski definition) is 5. The van der Waals surface area contributed by atoms with Crippen molar-refractivity contribution in [3.63, 3.8) is 0 Å². The lowest BCUT2D eigenvalue weighted by molar-refractivity contribution is -0.121. The molecule has 0 saturated carbocycles. The van der Waals surface area contributed by atoms with Gasteiger partial charge in [-0.2, -0.15) is 5.26 Å². The minimum Gasteiger partial charge on any atom is -0.308 e. The van der Waals surface area contributed by atoms with Crippen LogP contribution in [0.15, 0.2) is 83.8 Å². The number of urea groups is 1. The van der Waals surface area contributed by atoms with Gasteiger partial charge in [0, 0.05) is 22.7 Å². The van der Waals surface area contributed by atoms with Crippen LogP contribution in [0.3, 0.4) is 0 Å². The van der Waals surface area contributed by atoms with E-state index in [0.717, 1.165) is 9.80 Å². The molecule has 158 valence electrons. The van der Waals surface area contributed by atoms with Gasteiger partial charge in [0.2, 0.25) is 11.8 Å². The highest BCUT2D eigenvalue weighted by atomic mass is 32.2. The molecule has 0 bridgehead atoms. The fourth-order valence-corrected chi connectivity index (χ4v) is 4.39. The third-order valence-corrected chi connectivity index (χ3v) is 5.94. The van der Waals surface area contributed by atoms with Crippen molar-refractivity contribution in [3.05, 3.63) is 84.4 Å². The van der Waals surface area contributed by atoms with Gasteiger partial charge in [-0.3, -0.25) is 9.59 Å². The van der Waals surface area contributed by atoms with Crippen molar-refractivity contribution in [1.82, 2.24) is 0 Å². The molecule has 1 aliphatic heterocycles. The Morgan fingerprint density at radius 1 is 0.938 bits per heavy atom. The summed E-state index contributed by atoms with van der Waals surface area (Å²) in [6.45, 7) is 0. The van der Waals surface area contributed by atoms with Gasteiger partial charge in [0.15, 0.2) is 0 Å². The third kappa shape index (κ3) is 4.79. The Kier molecular flexibility index (Phi) is 6.19. The number of nitrogens with zero attached hydrogens (tertiary/aromatic N) is 2. The molecule has 32 heavy (non-hydrogen) atoms. The van der Waals surface area contributed by atoms with Gasteiger partial charge in [-0.1, -0.05) is 24.3 Å². The Morgan fingerprint density at radius 2 is 1.62 bits per heavy atom. The van der Waals surface area contributed by atoms with E-state index in [1.54, 1.807) is 54.6 Å². The summed E-state index contributed by atoms with van der Waals surface area (Å²) in [5.74, 6) is -0.585. The highest BCUT2D eigenvalue weighted by molar-refractivity contribution is 8.00. The van der Waals surface area contributed by atoms with Crippen molar-refractivity contribution in [2.75, 3.05) is 15.5 Å². The second-order valence-electron chi connectivity index (χ2n) is 7.01. The molecule has 3 aromatic carbocycles. The van der Waals surface area contributed by atoms with Gasteiger partial charge in [-0.15, -0.1) is 11.8 Å². The second-order valence-corrected chi connectivity index (χ2v) is 8.29. The Hall–Kier alpha value is -4.09. The van der Waals surface area contributed by atoms with Gasteiger partial charge in [-0.25, -0.2) is 9.69 Å². The van der Waals surface area contributed by atoms with Crippen LogP contribution in [0.2, 0.25) is 0 Å². The van der Waals surface area contributed by atoms with Crippen molar-refractivity contribution >= 4 is 46.7 Å². The lowest BCUT2D eigenvalue weighted by Crippen LogP contribution is -2.31. The molecule has 1 fully saturated rings. The average molecular weight is 443 g/mol. The van der Waals surface area contributed by atoms with Crippen LogP contribution in [0, 0.1) is 11.3 Å². The molecule has 0 spiro atoms. The van der Waals surface area contributed by atoms with Crippen LogP contribution in [0.1, 0.15) is 12.0 Å².